The molecule has 1 amide bonds. The summed E-state index contributed by atoms with van der Waals surface area (Å²) in [6.07, 6.45) is 2.52. The topological polar surface area (TPSA) is 41.6 Å². The Balaban J connectivity index is 1.61. The van der Waals surface area contributed by atoms with E-state index in [0.717, 1.165) is 35.9 Å². The van der Waals surface area contributed by atoms with Gasteiger partial charge in [-0.15, -0.1) is 0 Å². The number of nitrogens with one attached hydrogen (secondary N) is 1. The number of benzene rings is 2. The van der Waals surface area contributed by atoms with E-state index in [2.05, 4.69) is 41.4 Å². The van der Waals surface area contributed by atoms with Gasteiger partial charge in [-0.1, -0.05) is 19.1 Å². The Morgan fingerprint density at radius 1 is 1.18 bits per heavy atom. The molecular formula is C24H32N2O2. The highest BCUT2D eigenvalue weighted by atomic mass is 16.5. The van der Waals surface area contributed by atoms with Gasteiger partial charge in [0.1, 0.15) is 5.75 Å². The number of nitrogens with zero attached hydrogens (tertiary/aromatic N) is 1. The van der Waals surface area contributed by atoms with Gasteiger partial charge in [0.15, 0.2) is 0 Å². The number of aryl methyl sites for hydroxylation is 1. The van der Waals surface area contributed by atoms with E-state index in [9.17, 15) is 4.79 Å². The molecule has 4 nitrogen and oxygen atoms in total. The van der Waals surface area contributed by atoms with Gasteiger partial charge in [-0.05, 0) is 81.0 Å². The van der Waals surface area contributed by atoms with E-state index in [-0.39, 0.29) is 11.9 Å². The van der Waals surface area contributed by atoms with E-state index in [0.29, 0.717) is 12.2 Å². The molecule has 28 heavy (non-hydrogen) atoms. The Morgan fingerprint density at radius 3 is 2.46 bits per heavy atom. The third-order valence-corrected chi connectivity index (χ3v) is 5.63. The fourth-order valence-electron chi connectivity index (χ4n) is 3.71. The molecule has 4 heteroatoms. The molecule has 0 unspecified atom stereocenters. The van der Waals surface area contributed by atoms with Crippen molar-refractivity contribution < 1.29 is 9.53 Å². The number of ether oxygens (including phenoxy) is 1. The van der Waals surface area contributed by atoms with Crippen LogP contribution in [0.25, 0.3) is 0 Å². The largest absolute Gasteiger partial charge is 0.494 e. The van der Waals surface area contributed by atoms with Crippen molar-refractivity contribution in [3.63, 3.8) is 0 Å². The molecule has 2 aromatic rings. The van der Waals surface area contributed by atoms with Crippen LogP contribution >= 0.6 is 0 Å². The van der Waals surface area contributed by atoms with Gasteiger partial charge in [0.05, 0.1) is 12.6 Å². The lowest BCUT2D eigenvalue weighted by Gasteiger charge is -2.32. The van der Waals surface area contributed by atoms with Crippen molar-refractivity contribution in [1.29, 1.82) is 0 Å². The molecule has 0 saturated carbocycles. The van der Waals surface area contributed by atoms with Gasteiger partial charge in [-0.3, -0.25) is 4.79 Å². The average Bonchev–Trinajstić information content (AvgIpc) is 2.70. The summed E-state index contributed by atoms with van der Waals surface area (Å²) in [5, 5.41) is 3.10. The van der Waals surface area contributed by atoms with E-state index < -0.39 is 0 Å². The van der Waals surface area contributed by atoms with Crippen LogP contribution in [-0.4, -0.2) is 25.6 Å². The number of piperidine rings is 1. The Bertz CT molecular complexity index is 793. The number of rotatable bonds is 6. The van der Waals surface area contributed by atoms with Crippen molar-refractivity contribution in [2.24, 2.45) is 5.92 Å². The number of carbonyl (C=O) groups excluding carboxylic acids is 1. The van der Waals surface area contributed by atoms with Gasteiger partial charge in [-0.2, -0.15) is 0 Å². The predicted octanol–water partition coefficient (Wildman–Crippen LogP) is 5.12. The highest BCUT2D eigenvalue weighted by Crippen LogP contribution is 2.25. The Morgan fingerprint density at radius 2 is 1.86 bits per heavy atom. The zero-order valence-electron chi connectivity index (χ0n) is 17.5. The first-order valence-electron chi connectivity index (χ1n) is 10.4. The highest BCUT2D eigenvalue weighted by Gasteiger charge is 2.17. The van der Waals surface area contributed by atoms with Crippen molar-refractivity contribution in [3.05, 3.63) is 59.2 Å². The predicted molar refractivity (Wildman–Crippen MR) is 115 cm³/mol. The first-order valence-corrected chi connectivity index (χ1v) is 10.4. The first-order chi connectivity index (χ1) is 13.5. The van der Waals surface area contributed by atoms with Crippen molar-refractivity contribution in [3.8, 4) is 5.75 Å². The minimum absolute atomic E-state index is 0.0465. The maximum atomic E-state index is 12.6. The van der Waals surface area contributed by atoms with Crippen LogP contribution in [0.1, 0.15) is 61.1 Å². The van der Waals surface area contributed by atoms with Crippen LogP contribution in [0.15, 0.2) is 42.5 Å². The van der Waals surface area contributed by atoms with Crippen LogP contribution in [0, 0.1) is 12.8 Å². The van der Waals surface area contributed by atoms with Crippen molar-refractivity contribution in [2.45, 2.75) is 46.6 Å². The van der Waals surface area contributed by atoms with Crippen LogP contribution in [0.2, 0.25) is 0 Å². The van der Waals surface area contributed by atoms with E-state index >= 15 is 0 Å². The fourth-order valence-corrected chi connectivity index (χ4v) is 3.71. The average molecular weight is 381 g/mol. The lowest BCUT2D eigenvalue weighted by atomic mass is 9.98. The molecular weight excluding hydrogens is 348 g/mol. The number of anilines is 1. The van der Waals surface area contributed by atoms with Crippen LogP contribution in [-0.2, 0) is 0 Å². The van der Waals surface area contributed by atoms with Gasteiger partial charge in [-0.25, -0.2) is 0 Å². The minimum atomic E-state index is -0.0623. The van der Waals surface area contributed by atoms with Crippen LogP contribution in [0.3, 0.4) is 0 Å². The van der Waals surface area contributed by atoms with Gasteiger partial charge in [0.2, 0.25) is 0 Å². The summed E-state index contributed by atoms with van der Waals surface area (Å²) in [4.78, 5) is 15.1. The molecule has 0 aliphatic carbocycles. The van der Waals surface area contributed by atoms with Crippen LogP contribution < -0.4 is 15.0 Å². The summed E-state index contributed by atoms with van der Waals surface area (Å²) in [5.74, 6) is 1.60. The van der Waals surface area contributed by atoms with Gasteiger partial charge in [0.25, 0.3) is 5.91 Å². The SMILES string of the molecule is CCOc1ccc(C(=O)N[C@H](C)c2ccc(N3CCC(C)CC3)cc2)cc1C. The van der Waals surface area contributed by atoms with Crippen LogP contribution in [0.4, 0.5) is 5.69 Å². The lowest BCUT2D eigenvalue weighted by Crippen LogP contribution is -2.32. The number of carbonyl (C=O) groups is 1. The number of hydrogen-bond acceptors (Lipinski definition) is 3. The number of hydrogen-bond donors (Lipinski definition) is 1. The standard InChI is InChI=1S/C24H32N2O2/c1-5-28-23-11-8-21(16-18(23)3)24(27)25-19(4)20-6-9-22(10-7-20)26-14-12-17(2)13-15-26/h6-11,16-17,19H,5,12-15H2,1-4H3,(H,25,27)/t19-/m1/s1. The van der Waals surface area contributed by atoms with E-state index in [1.165, 1.54) is 18.5 Å². The zero-order chi connectivity index (χ0) is 20.1. The maximum absolute atomic E-state index is 12.6. The summed E-state index contributed by atoms with van der Waals surface area (Å²) >= 11 is 0. The molecule has 3 rings (SSSR count). The Labute approximate surface area is 168 Å². The third kappa shape index (κ3) is 4.86. The normalized spacial score (nSPS) is 15.9. The lowest BCUT2D eigenvalue weighted by molar-refractivity contribution is 0.0939. The van der Waals surface area contributed by atoms with Gasteiger partial charge < -0.3 is 15.0 Å². The molecule has 0 radical (unpaired) electrons. The summed E-state index contributed by atoms with van der Waals surface area (Å²) in [5.41, 5.74) is 4.02. The molecule has 1 atom stereocenters. The molecule has 150 valence electrons. The second-order valence-electron chi connectivity index (χ2n) is 7.87. The molecule has 0 aromatic heterocycles. The Kier molecular flexibility index (Phi) is 6.61. The maximum Gasteiger partial charge on any atom is 0.251 e. The number of amides is 1. The van der Waals surface area contributed by atoms with Gasteiger partial charge >= 0.3 is 0 Å². The molecule has 2 aromatic carbocycles. The van der Waals surface area contributed by atoms with E-state index in [1.807, 2.05) is 39.0 Å². The molecule has 1 fully saturated rings. The highest BCUT2D eigenvalue weighted by molar-refractivity contribution is 5.94. The first kappa shape index (κ1) is 20.2. The molecule has 1 heterocycles. The second-order valence-corrected chi connectivity index (χ2v) is 7.87. The monoisotopic (exact) mass is 380 g/mol. The van der Waals surface area contributed by atoms with Gasteiger partial charge in [0, 0.05) is 24.3 Å². The molecule has 0 bridgehead atoms. The van der Waals surface area contributed by atoms with Crippen molar-refractivity contribution >= 4 is 11.6 Å². The third-order valence-electron chi connectivity index (χ3n) is 5.63. The van der Waals surface area contributed by atoms with E-state index in [4.69, 9.17) is 4.74 Å². The second kappa shape index (κ2) is 9.13. The minimum Gasteiger partial charge on any atom is -0.494 e. The summed E-state index contributed by atoms with van der Waals surface area (Å²) in [7, 11) is 0. The molecule has 1 N–H and O–H groups in total. The summed E-state index contributed by atoms with van der Waals surface area (Å²) in [6, 6.07) is 14.1. The molecule has 1 aliphatic rings. The molecule has 1 aliphatic heterocycles. The summed E-state index contributed by atoms with van der Waals surface area (Å²) in [6.45, 7) is 11.2. The quantitative estimate of drug-likeness (QED) is 0.756. The molecule has 1 saturated heterocycles. The fraction of sp³-hybridized carbons (Fsp3) is 0.458. The smallest absolute Gasteiger partial charge is 0.251 e. The molecule has 0 spiro atoms. The van der Waals surface area contributed by atoms with E-state index in [1.54, 1.807) is 0 Å². The zero-order valence-corrected chi connectivity index (χ0v) is 17.5. The Hall–Kier alpha value is -2.49. The van der Waals surface area contributed by atoms with Crippen molar-refractivity contribution in [1.82, 2.24) is 5.32 Å². The van der Waals surface area contributed by atoms with Crippen molar-refractivity contribution in [2.75, 3.05) is 24.6 Å². The summed E-state index contributed by atoms with van der Waals surface area (Å²) < 4.78 is 5.55. The van der Waals surface area contributed by atoms with Crippen LogP contribution in [0.5, 0.6) is 5.75 Å².